The Bertz CT molecular complexity index is 1160. The summed E-state index contributed by atoms with van der Waals surface area (Å²) < 4.78 is 34.3. The van der Waals surface area contributed by atoms with E-state index >= 15 is 0 Å². The Balaban J connectivity index is 1.74. The second-order valence-electron chi connectivity index (χ2n) is 19.4. The number of unbranched alkanes of at least 4 members (excludes halogenated alkanes) is 28. The van der Waals surface area contributed by atoms with Gasteiger partial charge < -0.3 is 64.2 Å². The van der Waals surface area contributed by atoms with Gasteiger partial charge in [-0.1, -0.05) is 187 Å². The normalized spacial score (nSPS) is 26.1. The molecule has 396 valence electrons. The van der Waals surface area contributed by atoms with Gasteiger partial charge in [-0.15, -0.1) is 0 Å². The minimum absolute atomic E-state index is 0.0651. The maximum absolute atomic E-state index is 13.0. The van der Waals surface area contributed by atoms with E-state index in [2.05, 4.69) is 26.0 Å². The minimum Gasteiger partial charge on any atom is -0.457 e. The van der Waals surface area contributed by atoms with Gasteiger partial charge in [-0.25, -0.2) is 0 Å². The zero-order chi connectivity index (χ0) is 48.7. The summed E-state index contributed by atoms with van der Waals surface area (Å²) in [5.41, 5.74) is 0. The molecule has 0 aromatic carbocycles. The van der Waals surface area contributed by atoms with E-state index in [-0.39, 0.29) is 25.6 Å². The molecule has 0 aliphatic carbocycles. The van der Waals surface area contributed by atoms with E-state index in [0.717, 1.165) is 38.5 Å². The van der Waals surface area contributed by atoms with Crippen LogP contribution < -0.4 is 0 Å². The lowest BCUT2D eigenvalue weighted by Crippen LogP contribution is -2.61. The predicted octanol–water partition coefficient (Wildman–Crippen LogP) is 8.63. The molecule has 2 aliphatic heterocycles. The molecule has 7 N–H and O–H groups in total. The molecule has 0 saturated carbocycles. The van der Waals surface area contributed by atoms with Gasteiger partial charge in [0.25, 0.3) is 0 Å². The average Bonchev–Trinajstić information content (AvgIpc) is 3.32. The van der Waals surface area contributed by atoms with Gasteiger partial charge in [0.1, 0.15) is 54.9 Å². The summed E-state index contributed by atoms with van der Waals surface area (Å²) in [6.07, 6.45) is 27.0. The highest BCUT2D eigenvalue weighted by atomic mass is 16.7. The van der Waals surface area contributed by atoms with E-state index in [9.17, 15) is 40.5 Å². The van der Waals surface area contributed by atoms with Gasteiger partial charge in [-0.3, -0.25) is 4.79 Å². The number of aliphatic hydroxyl groups excluding tert-OH is 7. The van der Waals surface area contributed by atoms with Gasteiger partial charge >= 0.3 is 5.97 Å². The monoisotopic (exact) mass is 961 g/mol. The molecule has 0 aromatic rings. The SMILES string of the molecule is CCCCCCCC/C=C\CCCCCCCCCCOCC(COC1OC(COC2OC(CO)C(O)C(O)C2O)C(O)C(O)C1O)OC(=O)CCCCCCCCCCCCCCCCC. The Kier molecular flexibility index (Phi) is 38.2. The Morgan fingerprint density at radius 1 is 0.478 bits per heavy atom. The van der Waals surface area contributed by atoms with Crippen LogP contribution in [0, 0.1) is 0 Å². The number of allylic oxidation sites excluding steroid dienone is 2. The van der Waals surface area contributed by atoms with Crippen LogP contribution in [-0.4, -0.2) is 142 Å². The molecule has 2 heterocycles. The summed E-state index contributed by atoms with van der Waals surface area (Å²) in [6.45, 7) is 3.72. The lowest BCUT2D eigenvalue weighted by molar-refractivity contribution is -0.332. The first-order valence-electron chi connectivity index (χ1n) is 27.3. The summed E-state index contributed by atoms with van der Waals surface area (Å²) in [4.78, 5) is 13.0. The largest absolute Gasteiger partial charge is 0.457 e. The van der Waals surface area contributed by atoms with Gasteiger partial charge in [0, 0.05) is 13.0 Å². The van der Waals surface area contributed by atoms with Gasteiger partial charge in [0.15, 0.2) is 12.6 Å². The zero-order valence-corrected chi connectivity index (χ0v) is 42.2. The molecule has 2 aliphatic rings. The van der Waals surface area contributed by atoms with Crippen LogP contribution in [0.25, 0.3) is 0 Å². The molecule has 11 atom stereocenters. The van der Waals surface area contributed by atoms with Gasteiger partial charge in [-0.2, -0.15) is 0 Å². The van der Waals surface area contributed by atoms with Crippen LogP contribution in [0.15, 0.2) is 12.2 Å². The van der Waals surface area contributed by atoms with Crippen LogP contribution in [0.1, 0.15) is 219 Å². The zero-order valence-electron chi connectivity index (χ0n) is 42.2. The van der Waals surface area contributed by atoms with E-state index in [1.807, 2.05) is 0 Å². The Labute approximate surface area is 405 Å². The van der Waals surface area contributed by atoms with E-state index in [4.69, 9.17) is 28.4 Å². The van der Waals surface area contributed by atoms with Crippen LogP contribution in [0.5, 0.6) is 0 Å². The molecule has 11 unspecified atom stereocenters. The average molecular weight is 961 g/mol. The van der Waals surface area contributed by atoms with Crippen LogP contribution in [0.4, 0.5) is 0 Å². The van der Waals surface area contributed by atoms with Crippen molar-refractivity contribution in [3.05, 3.63) is 12.2 Å². The lowest BCUT2D eigenvalue weighted by atomic mass is 9.98. The Morgan fingerprint density at radius 3 is 1.36 bits per heavy atom. The molecular formula is C53H100O14. The second kappa shape index (κ2) is 41.4. The van der Waals surface area contributed by atoms with Crippen molar-refractivity contribution in [1.82, 2.24) is 0 Å². The van der Waals surface area contributed by atoms with E-state index < -0.39 is 80.7 Å². The summed E-state index contributed by atoms with van der Waals surface area (Å²) in [5, 5.41) is 72.2. The van der Waals surface area contributed by atoms with Crippen LogP contribution in [0.2, 0.25) is 0 Å². The fourth-order valence-corrected chi connectivity index (χ4v) is 8.81. The van der Waals surface area contributed by atoms with Crippen LogP contribution in [0.3, 0.4) is 0 Å². The van der Waals surface area contributed by atoms with Crippen molar-refractivity contribution in [3.8, 4) is 0 Å². The fourth-order valence-electron chi connectivity index (χ4n) is 8.81. The number of rotatable bonds is 44. The number of aliphatic hydroxyl groups is 7. The second-order valence-corrected chi connectivity index (χ2v) is 19.4. The van der Waals surface area contributed by atoms with Gasteiger partial charge in [0.2, 0.25) is 0 Å². The third kappa shape index (κ3) is 29.0. The lowest BCUT2D eigenvalue weighted by Gasteiger charge is -2.42. The van der Waals surface area contributed by atoms with Crippen molar-refractivity contribution in [1.29, 1.82) is 0 Å². The molecule has 14 heteroatoms. The quantitative estimate of drug-likeness (QED) is 0.0173. The standard InChI is InChI=1S/C53H100O14/c1-3-5-7-9-11-13-15-17-19-20-21-23-25-27-29-31-33-35-37-62-39-42(65-45(55)36-34-32-30-28-26-24-22-18-16-14-12-10-8-6-4-2)40-63-52-51(61)49(59)47(57)44(67-52)41-64-53-50(60)48(58)46(56)43(38-54)66-53/h17,19,42-44,46-54,56-61H,3-16,18,20-41H2,1-2H3/b19-17-. The number of hydrogen-bond donors (Lipinski definition) is 7. The molecule has 0 radical (unpaired) electrons. The smallest absolute Gasteiger partial charge is 0.306 e. The molecule has 0 amide bonds. The molecule has 0 bridgehead atoms. The van der Waals surface area contributed by atoms with Crippen molar-refractivity contribution in [2.75, 3.05) is 33.0 Å². The molecule has 2 fully saturated rings. The minimum atomic E-state index is -1.70. The van der Waals surface area contributed by atoms with Crippen molar-refractivity contribution in [2.45, 2.75) is 287 Å². The van der Waals surface area contributed by atoms with Crippen LogP contribution >= 0.6 is 0 Å². The van der Waals surface area contributed by atoms with Crippen molar-refractivity contribution in [3.63, 3.8) is 0 Å². The number of hydrogen-bond acceptors (Lipinski definition) is 14. The molecular weight excluding hydrogens is 861 g/mol. The third-order valence-electron chi connectivity index (χ3n) is 13.3. The predicted molar refractivity (Wildman–Crippen MR) is 261 cm³/mol. The maximum Gasteiger partial charge on any atom is 0.306 e. The highest BCUT2D eigenvalue weighted by molar-refractivity contribution is 5.69. The van der Waals surface area contributed by atoms with Gasteiger partial charge in [0.05, 0.1) is 26.4 Å². The summed E-state index contributed by atoms with van der Waals surface area (Å²) in [5.74, 6) is -0.373. The van der Waals surface area contributed by atoms with Crippen LogP contribution in [-0.2, 0) is 33.2 Å². The van der Waals surface area contributed by atoms with Crippen molar-refractivity contribution >= 4 is 5.97 Å². The van der Waals surface area contributed by atoms with E-state index in [1.54, 1.807) is 0 Å². The maximum atomic E-state index is 13.0. The molecule has 2 saturated heterocycles. The first-order chi connectivity index (χ1) is 32.6. The highest BCUT2D eigenvalue weighted by Crippen LogP contribution is 2.27. The molecule has 67 heavy (non-hydrogen) atoms. The number of ether oxygens (including phenoxy) is 6. The fraction of sp³-hybridized carbons (Fsp3) is 0.943. The van der Waals surface area contributed by atoms with Crippen molar-refractivity contribution < 1.29 is 69.0 Å². The first-order valence-corrected chi connectivity index (χ1v) is 27.3. The summed E-state index contributed by atoms with van der Waals surface area (Å²) in [7, 11) is 0. The highest BCUT2D eigenvalue weighted by Gasteiger charge is 2.47. The summed E-state index contributed by atoms with van der Waals surface area (Å²) in [6, 6.07) is 0. The van der Waals surface area contributed by atoms with E-state index in [1.165, 1.54) is 154 Å². The van der Waals surface area contributed by atoms with Gasteiger partial charge in [-0.05, 0) is 38.5 Å². The Morgan fingerprint density at radius 2 is 0.881 bits per heavy atom. The molecule has 2 rings (SSSR count). The Hall–Kier alpha value is -1.27. The van der Waals surface area contributed by atoms with E-state index in [0.29, 0.717) is 13.0 Å². The molecule has 0 aromatic heterocycles. The molecule has 0 spiro atoms. The first kappa shape index (κ1) is 61.8. The summed E-state index contributed by atoms with van der Waals surface area (Å²) >= 11 is 0. The molecule has 14 nitrogen and oxygen atoms in total. The topological polar surface area (TPSA) is 214 Å². The number of carbonyl (C=O) groups is 1. The third-order valence-corrected chi connectivity index (χ3v) is 13.3. The van der Waals surface area contributed by atoms with Crippen molar-refractivity contribution in [2.24, 2.45) is 0 Å². The number of esters is 1. The number of carbonyl (C=O) groups excluding carboxylic acids is 1.